The highest BCUT2D eigenvalue weighted by Crippen LogP contribution is 2.32. The maximum absolute atomic E-state index is 13.2. The average Bonchev–Trinajstić information content (AvgIpc) is 2.76. The Morgan fingerprint density at radius 1 is 1.47 bits per heavy atom. The standard InChI is InChI=1S/C13H13BrFNO3/c1-13(12(18)19)4-5-16(7-13)11(17)9-6-8(15)2-3-10(9)14/h2-3,6H,4-5,7H2,1H3,(H,18,19)/t13-/m0/s1. The number of hydrogen-bond acceptors (Lipinski definition) is 2. The van der Waals surface area contributed by atoms with Crippen molar-refractivity contribution in [2.45, 2.75) is 13.3 Å². The third-order valence-electron chi connectivity index (χ3n) is 3.44. The molecule has 1 atom stereocenters. The molecule has 1 saturated heterocycles. The third kappa shape index (κ3) is 2.63. The van der Waals surface area contributed by atoms with Crippen molar-refractivity contribution in [1.82, 2.24) is 4.90 Å². The van der Waals surface area contributed by atoms with Crippen molar-refractivity contribution in [2.75, 3.05) is 13.1 Å². The van der Waals surface area contributed by atoms with Crippen molar-refractivity contribution in [3.05, 3.63) is 34.1 Å². The molecular weight excluding hydrogens is 317 g/mol. The van der Waals surface area contributed by atoms with Gasteiger partial charge in [0.1, 0.15) is 5.82 Å². The van der Waals surface area contributed by atoms with Crippen LogP contribution in [0.25, 0.3) is 0 Å². The van der Waals surface area contributed by atoms with Gasteiger partial charge in [-0.2, -0.15) is 0 Å². The molecule has 1 fully saturated rings. The minimum absolute atomic E-state index is 0.143. The quantitative estimate of drug-likeness (QED) is 0.907. The van der Waals surface area contributed by atoms with E-state index in [1.165, 1.54) is 17.0 Å². The van der Waals surface area contributed by atoms with Gasteiger partial charge in [-0.15, -0.1) is 0 Å². The monoisotopic (exact) mass is 329 g/mol. The van der Waals surface area contributed by atoms with E-state index in [2.05, 4.69) is 15.9 Å². The summed E-state index contributed by atoms with van der Waals surface area (Å²) < 4.78 is 13.7. The minimum atomic E-state index is -0.921. The molecule has 0 aromatic heterocycles. The Bertz CT molecular complexity index is 549. The molecule has 1 aromatic carbocycles. The Kier molecular flexibility index (Phi) is 3.62. The lowest BCUT2D eigenvalue weighted by atomic mass is 9.90. The van der Waals surface area contributed by atoms with E-state index >= 15 is 0 Å². The fraction of sp³-hybridized carbons (Fsp3) is 0.385. The SMILES string of the molecule is C[C@]1(C(=O)O)CCN(C(=O)c2cc(F)ccc2Br)C1. The van der Waals surface area contributed by atoms with Crippen LogP contribution in [0.4, 0.5) is 4.39 Å². The van der Waals surface area contributed by atoms with Crippen molar-refractivity contribution < 1.29 is 19.1 Å². The molecule has 0 radical (unpaired) electrons. The van der Waals surface area contributed by atoms with E-state index < -0.39 is 17.2 Å². The minimum Gasteiger partial charge on any atom is -0.481 e. The maximum Gasteiger partial charge on any atom is 0.311 e. The summed E-state index contributed by atoms with van der Waals surface area (Å²) in [4.78, 5) is 24.9. The Labute approximate surface area is 118 Å². The van der Waals surface area contributed by atoms with Gasteiger partial charge in [-0.1, -0.05) is 0 Å². The molecule has 1 aromatic rings. The topological polar surface area (TPSA) is 57.6 Å². The first kappa shape index (κ1) is 14.0. The summed E-state index contributed by atoms with van der Waals surface area (Å²) in [6.45, 7) is 2.12. The molecule has 6 heteroatoms. The van der Waals surface area contributed by atoms with Crippen molar-refractivity contribution in [3.63, 3.8) is 0 Å². The zero-order valence-electron chi connectivity index (χ0n) is 10.3. The number of carboxylic acids is 1. The van der Waals surface area contributed by atoms with Crippen LogP contribution in [-0.4, -0.2) is 35.0 Å². The molecule has 4 nitrogen and oxygen atoms in total. The lowest BCUT2D eigenvalue weighted by Crippen LogP contribution is -2.35. The molecule has 1 aliphatic heterocycles. The zero-order valence-corrected chi connectivity index (χ0v) is 11.9. The van der Waals surface area contributed by atoms with E-state index in [1.54, 1.807) is 6.92 Å². The predicted octanol–water partition coefficient (Wildman–Crippen LogP) is 2.53. The first-order valence-electron chi connectivity index (χ1n) is 5.81. The fourth-order valence-electron chi connectivity index (χ4n) is 2.14. The van der Waals surface area contributed by atoms with Crippen molar-refractivity contribution >= 4 is 27.8 Å². The number of nitrogens with zero attached hydrogens (tertiary/aromatic N) is 1. The molecule has 1 aliphatic rings. The molecule has 0 bridgehead atoms. The average molecular weight is 330 g/mol. The molecule has 0 unspecified atom stereocenters. The Morgan fingerprint density at radius 3 is 2.74 bits per heavy atom. The van der Waals surface area contributed by atoms with Crippen LogP contribution in [0.3, 0.4) is 0 Å². The summed E-state index contributed by atoms with van der Waals surface area (Å²) in [7, 11) is 0. The van der Waals surface area contributed by atoms with Crippen LogP contribution in [0.15, 0.2) is 22.7 Å². The van der Waals surface area contributed by atoms with Gasteiger partial charge in [0.25, 0.3) is 5.91 Å². The van der Waals surface area contributed by atoms with Crippen LogP contribution in [0.1, 0.15) is 23.7 Å². The van der Waals surface area contributed by atoms with E-state index in [0.29, 0.717) is 17.4 Å². The van der Waals surface area contributed by atoms with Gasteiger partial charge >= 0.3 is 5.97 Å². The number of halogens is 2. The van der Waals surface area contributed by atoms with Gasteiger partial charge in [0.2, 0.25) is 0 Å². The molecule has 0 spiro atoms. The summed E-state index contributed by atoms with van der Waals surface area (Å²) in [6.07, 6.45) is 0.404. The lowest BCUT2D eigenvalue weighted by Gasteiger charge is -2.20. The number of carbonyl (C=O) groups is 2. The smallest absolute Gasteiger partial charge is 0.311 e. The highest BCUT2D eigenvalue weighted by molar-refractivity contribution is 9.10. The number of amides is 1. The maximum atomic E-state index is 13.2. The molecule has 19 heavy (non-hydrogen) atoms. The summed E-state index contributed by atoms with van der Waals surface area (Å²) in [5, 5.41) is 9.13. The summed E-state index contributed by atoms with van der Waals surface area (Å²) in [5.74, 6) is -1.76. The highest BCUT2D eigenvalue weighted by atomic mass is 79.9. The van der Waals surface area contributed by atoms with E-state index in [4.69, 9.17) is 5.11 Å². The first-order valence-corrected chi connectivity index (χ1v) is 6.60. The Morgan fingerprint density at radius 2 is 2.16 bits per heavy atom. The third-order valence-corrected chi connectivity index (χ3v) is 4.13. The summed E-state index contributed by atoms with van der Waals surface area (Å²) in [6, 6.07) is 3.88. The number of aliphatic carboxylic acids is 1. The predicted molar refractivity (Wildman–Crippen MR) is 70.4 cm³/mol. The summed E-state index contributed by atoms with van der Waals surface area (Å²) in [5.41, 5.74) is -0.704. The first-order chi connectivity index (χ1) is 8.83. The molecule has 1 heterocycles. The molecule has 0 aliphatic carbocycles. The van der Waals surface area contributed by atoms with Crippen molar-refractivity contribution in [2.24, 2.45) is 5.41 Å². The number of hydrogen-bond donors (Lipinski definition) is 1. The lowest BCUT2D eigenvalue weighted by molar-refractivity contribution is -0.147. The van der Waals surface area contributed by atoms with E-state index in [-0.39, 0.29) is 18.0 Å². The molecule has 0 saturated carbocycles. The highest BCUT2D eigenvalue weighted by Gasteiger charge is 2.42. The Hall–Kier alpha value is -1.43. The molecule has 1 amide bonds. The van der Waals surface area contributed by atoms with Gasteiger partial charge in [-0.05, 0) is 47.5 Å². The zero-order chi connectivity index (χ0) is 14.2. The summed E-state index contributed by atoms with van der Waals surface area (Å²) >= 11 is 3.21. The second-order valence-electron chi connectivity index (χ2n) is 4.97. The second-order valence-corrected chi connectivity index (χ2v) is 5.82. The van der Waals surface area contributed by atoms with Crippen molar-refractivity contribution in [3.8, 4) is 0 Å². The van der Waals surface area contributed by atoms with Crippen LogP contribution in [0, 0.1) is 11.2 Å². The van der Waals surface area contributed by atoms with Gasteiger partial charge in [0.15, 0.2) is 0 Å². The van der Waals surface area contributed by atoms with E-state index in [0.717, 1.165) is 6.07 Å². The van der Waals surface area contributed by atoms with Gasteiger partial charge in [-0.25, -0.2) is 4.39 Å². The van der Waals surface area contributed by atoms with E-state index in [9.17, 15) is 14.0 Å². The number of likely N-dealkylation sites (tertiary alicyclic amines) is 1. The molecule has 1 N–H and O–H groups in total. The number of benzene rings is 1. The number of rotatable bonds is 2. The van der Waals surface area contributed by atoms with Gasteiger partial charge < -0.3 is 10.0 Å². The fourth-order valence-corrected chi connectivity index (χ4v) is 2.56. The molecule has 2 rings (SSSR count). The number of carbonyl (C=O) groups excluding carboxylic acids is 1. The second kappa shape index (κ2) is 4.92. The molecular formula is C13H13BrFNO3. The Balaban J connectivity index is 2.22. The van der Waals surface area contributed by atoms with Crippen LogP contribution >= 0.6 is 15.9 Å². The van der Waals surface area contributed by atoms with Crippen LogP contribution in [-0.2, 0) is 4.79 Å². The van der Waals surface area contributed by atoms with Crippen LogP contribution in [0.2, 0.25) is 0 Å². The largest absolute Gasteiger partial charge is 0.481 e. The van der Waals surface area contributed by atoms with Crippen molar-refractivity contribution in [1.29, 1.82) is 0 Å². The normalized spacial score (nSPS) is 22.6. The van der Waals surface area contributed by atoms with Crippen LogP contribution in [0.5, 0.6) is 0 Å². The van der Waals surface area contributed by atoms with E-state index in [1.807, 2.05) is 0 Å². The van der Waals surface area contributed by atoms with Gasteiger partial charge in [0.05, 0.1) is 11.0 Å². The van der Waals surface area contributed by atoms with Gasteiger partial charge in [-0.3, -0.25) is 9.59 Å². The molecule has 102 valence electrons. The van der Waals surface area contributed by atoms with Crippen LogP contribution < -0.4 is 0 Å². The van der Waals surface area contributed by atoms with Gasteiger partial charge in [0, 0.05) is 17.6 Å². The number of carboxylic acid groups (broad SMARTS) is 1.